The number of carbonyl (C=O) groups is 3. The van der Waals surface area contributed by atoms with E-state index in [-0.39, 0.29) is 29.2 Å². The summed E-state index contributed by atoms with van der Waals surface area (Å²) in [7, 11) is 1.39. The Bertz CT molecular complexity index is 796. The molecule has 0 aliphatic heterocycles. The van der Waals surface area contributed by atoms with Crippen molar-refractivity contribution in [3.05, 3.63) is 30.6 Å². The minimum atomic E-state index is -0.982. The van der Waals surface area contributed by atoms with E-state index < -0.39 is 36.8 Å². The standard InChI is InChI=1S/C22H32N2O8/c1-8-11-29-15(5)19(13(2)3)32-22(27)14(4)24-21(26)18-20(31-12-30-16(6)25)17(28-7)9-10-23-18/h8-10,13-15,19H,1,11-12H2,2-7H3,(H,24,26)/t14-,15-,19+/m0/s1. The van der Waals surface area contributed by atoms with Crippen LogP contribution < -0.4 is 14.8 Å². The molecule has 1 aromatic heterocycles. The van der Waals surface area contributed by atoms with Gasteiger partial charge in [0.15, 0.2) is 17.2 Å². The minimum Gasteiger partial charge on any atom is -0.493 e. The number of nitrogens with zero attached hydrogens (tertiary/aromatic N) is 1. The third-order valence-electron chi connectivity index (χ3n) is 4.32. The van der Waals surface area contributed by atoms with Gasteiger partial charge in [-0.1, -0.05) is 19.9 Å². The van der Waals surface area contributed by atoms with Crippen LogP contribution in [0.4, 0.5) is 0 Å². The third-order valence-corrected chi connectivity index (χ3v) is 4.32. The second-order valence-electron chi connectivity index (χ2n) is 7.26. The fourth-order valence-corrected chi connectivity index (χ4v) is 2.71. The first-order chi connectivity index (χ1) is 15.1. The number of aromatic nitrogens is 1. The molecule has 1 rings (SSSR count). The van der Waals surface area contributed by atoms with Crippen molar-refractivity contribution in [1.29, 1.82) is 0 Å². The van der Waals surface area contributed by atoms with Crippen molar-refractivity contribution in [2.45, 2.75) is 52.9 Å². The Labute approximate surface area is 188 Å². The molecule has 0 aliphatic rings. The van der Waals surface area contributed by atoms with Gasteiger partial charge in [0.1, 0.15) is 12.1 Å². The predicted octanol–water partition coefficient (Wildman–Crippen LogP) is 2.27. The summed E-state index contributed by atoms with van der Waals surface area (Å²) >= 11 is 0. The molecule has 10 heteroatoms. The smallest absolute Gasteiger partial charge is 0.328 e. The van der Waals surface area contributed by atoms with Crippen LogP contribution in [0.1, 0.15) is 45.1 Å². The summed E-state index contributed by atoms with van der Waals surface area (Å²) in [4.78, 5) is 40.4. The largest absolute Gasteiger partial charge is 0.493 e. The summed E-state index contributed by atoms with van der Waals surface area (Å²) in [5.74, 6) is -1.70. The van der Waals surface area contributed by atoms with E-state index in [9.17, 15) is 14.4 Å². The van der Waals surface area contributed by atoms with Gasteiger partial charge in [0.25, 0.3) is 5.91 Å². The zero-order chi connectivity index (χ0) is 24.3. The number of amides is 1. The van der Waals surface area contributed by atoms with Gasteiger partial charge in [-0.2, -0.15) is 0 Å². The first-order valence-corrected chi connectivity index (χ1v) is 10.1. The normalized spacial score (nSPS) is 13.5. The van der Waals surface area contributed by atoms with Gasteiger partial charge in [0, 0.05) is 19.2 Å². The van der Waals surface area contributed by atoms with Crippen molar-refractivity contribution in [2.24, 2.45) is 5.92 Å². The number of pyridine rings is 1. The van der Waals surface area contributed by atoms with Crippen LogP contribution in [0, 0.1) is 5.92 Å². The molecule has 10 nitrogen and oxygen atoms in total. The first kappa shape index (κ1) is 26.9. The average molecular weight is 453 g/mol. The second-order valence-corrected chi connectivity index (χ2v) is 7.26. The molecular weight excluding hydrogens is 420 g/mol. The summed E-state index contributed by atoms with van der Waals surface area (Å²) in [6.45, 7) is 11.8. The van der Waals surface area contributed by atoms with E-state index in [0.717, 1.165) is 0 Å². The third kappa shape index (κ3) is 8.18. The molecule has 1 amide bonds. The molecule has 0 saturated heterocycles. The van der Waals surface area contributed by atoms with Crippen LogP contribution in [-0.4, -0.2) is 61.6 Å². The minimum absolute atomic E-state index is 0.0111. The number of methoxy groups -OCH3 is 1. The molecule has 32 heavy (non-hydrogen) atoms. The van der Waals surface area contributed by atoms with Crippen LogP contribution in [-0.2, 0) is 23.8 Å². The number of esters is 2. The van der Waals surface area contributed by atoms with Crippen LogP contribution in [0.25, 0.3) is 0 Å². The molecule has 0 unspecified atom stereocenters. The van der Waals surface area contributed by atoms with Gasteiger partial charge in [-0.25, -0.2) is 9.78 Å². The van der Waals surface area contributed by atoms with Gasteiger partial charge in [0.2, 0.25) is 6.79 Å². The maximum absolute atomic E-state index is 12.8. The van der Waals surface area contributed by atoms with E-state index in [2.05, 4.69) is 16.9 Å². The average Bonchev–Trinajstić information content (AvgIpc) is 2.74. The number of carbonyl (C=O) groups excluding carboxylic acids is 3. The number of hydrogen-bond donors (Lipinski definition) is 1. The fraction of sp³-hybridized carbons (Fsp3) is 0.545. The molecule has 0 aromatic carbocycles. The number of nitrogens with one attached hydrogen (secondary N) is 1. The monoisotopic (exact) mass is 452 g/mol. The summed E-state index contributed by atoms with van der Waals surface area (Å²) in [6.07, 6.45) is 2.09. The number of hydrogen-bond acceptors (Lipinski definition) is 9. The zero-order valence-corrected chi connectivity index (χ0v) is 19.4. The molecule has 1 N–H and O–H groups in total. The molecule has 0 saturated carbocycles. The van der Waals surface area contributed by atoms with Crippen molar-refractivity contribution in [1.82, 2.24) is 10.3 Å². The first-order valence-electron chi connectivity index (χ1n) is 10.1. The van der Waals surface area contributed by atoms with Crippen molar-refractivity contribution >= 4 is 17.8 Å². The molecule has 1 aromatic rings. The van der Waals surface area contributed by atoms with E-state index >= 15 is 0 Å². The molecule has 0 radical (unpaired) electrons. The summed E-state index contributed by atoms with van der Waals surface area (Å²) in [6, 6.07) is 0.500. The number of rotatable bonds is 13. The van der Waals surface area contributed by atoms with Gasteiger partial charge in [0.05, 0.1) is 19.8 Å². The van der Waals surface area contributed by atoms with Crippen LogP contribution in [0.5, 0.6) is 11.5 Å². The quantitative estimate of drug-likeness (QED) is 0.273. The van der Waals surface area contributed by atoms with E-state index in [1.54, 1.807) is 13.0 Å². The highest BCUT2D eigenvalue weighted by Gasteiger charge is 2.29. The lowest BCUT2D eigenvalue weighted by Crippen LogP contribution is -2.44. The van der Waals surface area contributed by atoms with Gasteiger partial charge < -0.3 is 29.0 Å². The maximum atomic E-state index is 12.8. The Kier molecular flexibility index (Phi) is 11.2. The highest BCUT2D eigenvalue weighted by atomic mass is 16.7. The number of ether oxygens (including phenoxy) is 5. The SMILES string of the molecule is C=CCO[C@@H](C)[C@H](OC(=O)[C@H](C)NC(=O)c1nccc(OC)c1OCOC(C)=O)C(C)C. The molecule has 3 atom stereocenters. The van der Waals surface area contributed by atoms with Crippen LogP contribution in [0.3, 0.4) is 0 Å². The van der Waals surface area contributed by atoms with E-state index in [1.807, 2.05) is 13.8 Å². The highest BCUT2D eigenvalue weighted by Crippen LogP contribution is 2.29. The van der Waals surface area contributed by atoms with Crippen LogP contribution in [0.15, 0.2) is 24.9 Å². The fourth-order valence-electron chi connectivity index (χ4n) is 2.71. The predicted molar refractivity (Wildman–Crippen MR) is 115 cm³/mol. The molecule has 0 bridgehead atoms. The van der Waals surface area contributed by atoms with Crippen LogP contribution >= 0.6 is 0 Å². The second kappa shape index (κ2) is 13.3. The van der Waals surface area contributed by atoms with Gasteiger partial charge >= 0.3 is 11.9 Å². The Balaban J connectivity index is 2.90. The Hall–Kier alpha value is -3.14. The summed E-state index contributed by atoms with van der Waals surface area (Å²) in [5.41, 5.74) is -0.140. The van der Waals surface area contributed by atoms with E-state index in [1.165, 1.54) is 33.2 Å². The van der Waals surface area contributed by atoms with Crippen molar-refractivity contribution in [2.75, 3.05) is 20.5 Å². The summed E-state index contributed by atoms with van der Waals surface area (Å²) in [5, 5.41) is 2.54. The molecule has 0 fully saturated rings. The van der Waals surface area contributed by atoms with Crippen molar-refractivity contribution in [3.8, 4) is 11.5 Å². The molecule has 1 heterocycles. The van der Waals surface area contributed by atoms with E-state index in [4.69, 9.17) is 23.7 Å². The lowest BCUT2D eigenvalue weighted by Gasteiger charge is -2.28. The lowest BCUT2D eigenvalue weighted by atomic mass is 10.0. The topological polar surface area (TPSA) is 122 Å². The van der Waals surface area contributed by atoms with Gasteiger partial charge in [-0.05, 0) is 19.8 Å². The van der Waals surface area contributed by atoms with Crippen molar-refractivity contribution < 1.29 is 38.1 Å². The van der Waals surface area contributed by atoms with Gasteiger partial charge in [-0.15, -0.1) is 6.58 Å². The highest BCUT2D eigenvalue weighted by molar-refractivity contribution is 5.98. The van der Waals surface area contributed by atoms with Crippen LogP contribution in [0.2, 0.25) is 0 Å². The molecule has 0 aliphatic carbocycles. The summed E-state index contributed by atoms with van der Waals surface area (Å²) < 4.78 is 26.5. The van der Waals surface area contributed by atoms with E-state index in [0.29, 0.717) is 6.61 Å². The van der Waals surface area contributed by atoms with Crippen molar-refractivity contribution in [3.63, 3.8) is 0 Å². The lowest BCUT2D eigenvalue weighted by molar-refractivity contribution is -0.162. The molecular formula is C22H32N2O8. The zero-order valence-electron chi connectivity index (χ0n) is 19.4. The Morgan fingerprint density at radius 2 is 1.91 bits per heavy atom. The maximum Gasteiger partial charge on any atom is 0.328 e. The molecule has 0 spiro atoms. The Morgan fingerprint density at radius 1 is 1.22 bits per heavy atom. The van der Waals surface area contributed by atoms with Gasteiger partial charge in [-0.3, -0.25) is 9.59 Å². The Morgan fingerprint density at radius 3 is 2.47 bits per heavy atom. The molecule has 178 valence electrons.